The normalized spacial score (nSPS) is 19.1. The molecule has 0 aromatic heterocycles. The Morgan fingerprint density at radius 3 is 1.14 bits per heavy atom. The Bertz CT molecular complexity index is 3200. The predicted molar refractivity (Wildman–Crippen MR) is 429 cm³/mol. The van der Waals surface area contributed by atoms with Gasteiger partial charge in [-0.1, -0.05) is 176 Å². The number of likely N-dealkylation sites (N-methyl/N-ethyl adjacent to an activating group) is 4. The Kier molecular flexibility index (Phi) is 42.1. The smallest absolute Gasteiger partial charge is 0.307 e. The third-order valence-electron chi connectivity index (χ3n) is 23.5. The molecule has 2 aromatic carbocycles. The van der Waals surface area contributed by atoms with Crippen LogP contribution in [0.5, 0.6) is 0 Å². The number of likely N-dealkylation sites (tertiary alicyclic amines) is 2. The van der Waals surface area contributed by atoms with E-state index < -0.39 is 78.0 Å². The number of aliphatic carboxylic acids is 1. The van der Waals surface area contributed by atoms with E-state index in [2.05, 4.69) is 32.0 Å². The average molecular weight is 1530 g/mol. The van der Waals surface area contributed by atoms with Gasteiger partial charge in [0.2, 0.25) is 29.5 Å². The van der Waals surface area contributed by atoms with Crippen molar-refractivity contribution in [2.24, 2.45) is 71.0 Å². The highest BCUT2D eigenvalue weighted by Gasteiger charge is 2.47. The maximum Gasteiger partial charge on any atom is 0.307 e. The molecule has 4 unspecified atom stereocenters. The summed E-state index contributed by atoms with van der Waals surface area (Å²) < 4.78 is 24.0. The van der Waals surface area contributed by atoms with Crippen molar-refractivity contribution >= 4 is 58.6 Å². The number of methoxy groups -OCH3 is 4. The number of hydrogen-bond donors (Lipinski definition) is 2. The molecule has 2 saturated heterocycles. The molecule has 2 aromatic rings. The molecule has 2 aliphatic heterocycles. The van der Waals surface area contributed by atoms with Crippen LogP contribution in [0.25, 0.3) is 0 Å². The summed E-state index contributed by atoms with van der Waals surface area (Å²) in [6, 6.07) is 16.7. The van der Waals surface area contributed by atoms with Crippen molar-refractivity contribution in [3.8, 4) is 12.3 Å². The Labute approximate surface area is 655 Å². The second-order valence-corrected chi connectivity index (χ2v) is 32.9. The van der Waals surface area contributed by atoms with Crippen LogP contribution in [-0.2, 0) is 79.7 Å². The first-order valence-electron chi connectivity index (χ1n) is 40.0. The molecule has 22 nitrogen and oxygen atoms in total. The number of ether oxygens (including phenoxy) is 4. The van der Waals surface area contributed by atoms with Gasteiger partial charge in [-0.05, 0) is 113 Å². The van der Waals surface area contributed by atoms with Gasteiger partial charge in [0.25, 0.3) is 0 Å². The molecule has 0 saturated carbocycles. The van der Waals surface area contributed by atoms with E-state index in [1.165, 1.54) is 7.11 Å². The average Bonchev–Trinajstić information content (AvgIpc) is 1.77. The van der Waals surface area contributed by atoms with Gasteiger partial charge in [-0.3, -0.25) is 57.7 Å². The van der Waals surface area contributed by atoms with Crippen LogP contribution in [0.2, 0.25) is 0 Å². The van der Waals surface area contributed by atoms with Crippen LogP contribution in [0.1, 0.15) is 185 Å². The summed E-state index contributed by atoms with van der Waals surface area (Å²) in [5.41, 5.74) is 1.79. The van der Waals surface area contributed by atoms with Crippen LogP contribution in [0.15, 0.2) is 60.7 Å². The van der Waals surface area contributed by atoms with Crippen LogP contribution < -0.4 is 5.32 Å². The van der Waals surface area contributed by atoms with Crippen molar-refractivity contribution in [1.29, 1.82) is 0 Å². The van der Waals surface area contributed by atoms with Crippen LogP contribution in [0.3, 0.4) is 0 Å². The van der Waals surface area contributed by atoms with Crippen molar-refractivity contribution in [3.63, 3.8) is 0 Å². The molecule has 2 N–H and O–H groups in total. The molecule has 5 amide bonds. The number of ketones is 4. The lowest BCUT2D eigenvalue weighted by Gasteiger charge is -2.41. The van der Waals surface area contributed by atoms with Crippen molar-refractivity contribution in [2.45, 2.75) is 247 Å². The van der Waals surface area contributed by atoms with E-state index >= 15 is 0 Å². The number of rotatable bonds is 47. The third kappa shape index (κ3) is 27.9. The van der Waals surface area contributed by atoms with Gasteiger partial charge in [0.1, 0.15) is 11.6 Å². The van der Waals surface area contributed by atoms with Gasteiger partial charge in [0.15, 0.2) is 11.6 Å². The first kappa shape index (κ1) is 96.5. The molecule has 0 bridgehead atoms. The molecular formula is C87H141N7O15. The summed E-state index contributed by atoms with van der Waals surface area (Å²) >= 11 is 0. The number of nitrogens with zero attached hydrogens (tertiary/aromatic N) is 6. The molecule has 2 aliphatic rings. The number of amides is 5. The molecule has 4 rings (SSSR count). The number of carbonyl (C=O) groups is 10. The second-order valence-electron chi connectivity index (χ2n) is 32.9. The number of carbonyl (C=O) groups excluding carboxylic acids is 9. The number of benzene rings is 2. The molecular weight excluding hydrogens is 1380 g/mol. The number of terminal acetylenes is 1. The standard InChI is InChI=1S/C45H72N4O7.C42H69N3O8/c1-14-23-46-44(53)34(25-33-20-17-16-18-21-33)26-37(50)32(8)43(56-13)36-22-19-24-49(36)40(52)28-39(55-12)42(31(7)15-2)48(11)45(54)35(29(3)4)27-38(51)41(30(5)6)47(9)10;1-13-28(6)39(44(10)41(49)32(26(2)3)24-35(47)38(27(4)5)43(8)9)36(52-11)25-37(48)45-21-17-20-33(45)40(53-12)29(7)34(46)23-31(42(50)51)22-30-18-15-14-16-19-30/h1,16-18,20-21,29-32,34-36,39,41-43H,15,19,22-28H2,2-13H3,(H,46,53);14-16,18-19,26-29,31-33,36,38-40H,13,17,20-25H2,1-12H3,(H,50,51)/t31?,32-,34+,35-,36-,39?,41-,42-,43+;28?,29-,31+,32-,33-,36?,38-,39-,40+/m00/s1. The lowest BCUT2D eigenvalue weighted by atomic mass is 9.83. The van der Waals surface area contributed by atoms with Crippen molar-refractivity contribution < 1.29 is 72.0 Å². The third-order valence-corrected chi connectivity index (χ3v) is 23.5. The minimum Gasteiger partial charge on any atom is -0.481 e. The number of hydrogen-bond acceptors (Lipinski definition) is 16. The fraction of sp³-hybridized carbons (Fsp3) is 0.724. The zero-order valence-electron chi connectivity index (χ0n) is 70.9. The quantitative estimate of drug-likeness (QED) is 0.0584. The molecule has 2 heterocycles. The van der Waals surface area contributed by atoms with Gasteiger partial charge in [-0.25, -0.2) is 0 Å². The van der Waals surface area contributed by atoms with Gasteiger partial charge in [0, 0.05) is 111 Å². The fourth-order valence-corrected chi connectivity index (χ4v) is 17.0. The Balaban J connectivity index is 0.000000566. The first-order valence-corrected chi connectivity index (χ1v) is 40.0. The Morgan fingerprint density at radius 1 is 0.495 bits per heavy atom. The van der Waals surface area contributed by atoms with Gasteiger partial charge in [0.05, 0.1) is 86.0 Å². The highest BCUT2D eigenvalue weighted by Crippen LogP contribution is 2.35. The maximum atomic E-state index is 14.3. The van der Waals surface area contributed by atoms with Gasteiger partial charge >= 0.3 is 5.97 Å². The topological polar surface area (TPSA) is 259 Å². The molecule has 18 atom stereocenters. The van der Waals surface area contributed by atoms with Crippen LogP contribution in [0.4, 0.5) is 0 Å². The van der Waals surface area contributed by atoms with E-state index in [0.717, 1.165) is 36.8 Å². The summed E-state index contributed by atoms with van der Waals surface area (Å²) in [5.74, 6) is -3.37. The summed E-state index contributed by atoms with van der Waals surface area (Å²) in [4.78, 5) is 148. The van der Waals surface area contributed by atoms with E-state index in [4.69, 9.17) is 25.4 Å². The second kappa shape index (κ2) is 47.6. The van der Waals surface area contributed by atoms with Gasteiger partial charge in [-0.2, -0.15) is 0 Å². The molecule has 22 heteroatoms. The predicted octanol–water partition coefficient (Wildman–Crippen LogP) is 10.9. The van der Waals surface area contributed by atoms with Gasteiger partial charge < -0.3 is 49.0 Å². The summed E-state index contributed by atoms with van der Waals surface area (Å²) in [6.07, 6.45) is 8.11. The highest BCUT2D eigenvalue weighted by molar-refractivity contribution is 5.92. The van der Waals surface area contributed by atoms with Crippen molar-refractivity contribution in [1.82, 2.24) is 34.7 Å². The largest absolute Gasteiger partial charge is 0.481 e. The zero-order chi connectivity index (χ0) is 82.4. The van der Waals surface area contributed by atoms with Gasteiger partial charge in [-0.15, -0.1) is 6.42 Å². The SMILES string of the molecule is C#CCNC(=O)[C@@H](CC(=O)[C@H](C)[C@@H](OC)[C@@H]1CCCN1C(=O)CC(OC)[C@H](C(C)CC)N(C)C(=O)[C@@H](CC(=O)[C@H](C(C)C)N(C)C)C(C)C)Cc1ccccc1.CCC(C)[C@@H](C(CC(=O)N1CCC[C@H]1[C@H](OC)[C@@H](C)C(=O)C[C@@H](Cc1ccccc1)C(=O)O)OC)N(C)C(=O)[C@@H](CC(=O)[C@H](C(C)C)N(C)C)C(C)C. The molecule has 0 radical (unpaired) electrons. The van der Waals surface area contributed by atoms with E-state index in [-0.39, 0.29) is 164 Å². The molecule has 0 spiro atoms. The Morgan fingerprint density at radius 2 is 0.844 bits per heavy atom. The van der Waals surface area contributed by atoms with Crippen LogP contribution in [-0.4, -0.2) is 244 Å². The van der Waals surface area contributed by atoms with E-state index in [9.17, 15) is 53.1 Å². The van der Waals surface area contributed by atoms with E-state index in [1.54, 1.807) is 57.0 Å². The number of carboxylic acid groups (broad SMARTS) is 1. The van der Waals surface area contributed by atoms with E-state index in [1.807, 2.05) is 173 Å². The number of nitrogens with one attached hydrogen (secondary N) is 1. The maximum absolute atomic E-state index is 14.3. The highest BCUT2D eigenvalue weighted by atomic mass is 16.5. The van der Waals surface area contributed by atoms with E-state index in [0.29, 0.717) is 32.4 Å². The minimum atomic E-state index is -1.02. The lowest BCUT2D eigenvalue weighted by Crippen LogP contribution is -2.54. The molecule has 614 valence electrons. The molecule has 2 fully saturated rings. The number of carboxylic acids is 1. The van der Waals surface area contributed by atoms with Crippen LogP contribution >= 0.6 is 0 Å². The van der Waals surface area contributed by atoms with Crippen molar-refractivity contribution in [3.05, 3.63) is 71.8 Å². The Hall–Kier alpha value is -6.74. The number of Topliss-reactive ketones (excluding diaryl/α,β-unsaturated/α-hetero) is 4. The summed E-state index contributed by atoms with van der Waals surface area (Å²) in [6.45, 7) is 28.8. The summed E-state index contributed by atoms with van der Waals surface area (Å²) in [5, 5.41) is 12.7. The fourth-order valence-electron chi connectivity index (χ4n) is 17.0. The first-order chi connectivity index (χ1) is 51.3. The van der Waals surface area contributed by atoms with Crippen molar-refractivity contribution in [2.75, 3.05) is 90.4 Å². The lowest BCUT2D eigenvalue weighted by molar-refractivity contribution is -0.149. The molecule has 109 heavy (non-hydrogen) atoms. The molecule has 0 aliphatic carbocycles. The zero-order valence-corrected chi connectivity index (χ0v) is 70.9. The monoisotopic (exact) mass is 1520 g/mol. The minimum absolute atomic E-state index is 0.00388. The summed E-state index contributed by atoms with van der Waals surface area (Å²) in [7, 11) is 17.3. The van der Waals surface area contributed by atoms with Crippen LogP contribution in [0, 0.1) is 83.4 Å².